The van der Waals surface area contributed by atoms with E-state index in [2.05, 4.69) is 10.3 Å². The predicted octanol–water partition coefficient (Wildman–Crippen LogP) is 4.40. The highest BCUT2D eigenvalue weighted by Crippen LogP contribution is 2.45. The van der Waals surface area contributed by atoms with Crippen molar-refractivity contribution < 1.29 is 19.1 Å². The molecule has 32 heavy (non-hydrogen) atoms. The maximum atomic E-state index is 13.5. The molecule has 0 amide bonds. The van der Waals surface area contributed by atoms with Crippen molar-refractivity contribution in [1.29, 1.82) is 0 Å². The Morgan fingerprint density at radius 3 is 2.50 bits per heavy atom. The first-order valence-corrected chi connectivity index (χ1v) is 10.9. The van der Waals surface area contributed by atoms with Crippen LogP contribution in [0.25, 0.3) is 0 Å². The van der Waals surface area contributed by atoms with Crippen LogP contribution in [-0.2, 0) is 14.3 Å². The van der Waals surface area contributed by atoms with E-state index in [9.17, 15) is 9.59 Å². The Labute approximate surface area is 188 Å². The molecule has 1 aromatic heterocycles. The number of carbonyl (C=O) groups is 2. The number of nitrogens with zero attached hydrogens (tertiary/aromatic N) is 1. The molecular weight excluding hydrogens is 404 g/mol. The summed E-state index contributed by atoms with van der Waals surface area (Å²) in [6.07, 6.45) is 4.22. The van der Waals surface area contributed by atoms with Crippen molar-refractivity contribution in [2.24, 2.45) is 0 Å². The Bertz CT molecular complexity index is 1080. The van der Waals surface area contributed by atoms with Gasteiger partial charge in [0.05, 0.1) is 18.8 Å². The minimum absolute atomic E-state index is 0.0377. The summed E-state index contributed by atoms with van der Waals surface area (Å²) in [4.78, 5) is 30.8. The maximum absolute atomic E-state index is 13.5. The fraction of sp³-hybridized carbons (Fsp3) is 0.346. The van der Waals surface area contributed by atoms with Crippen molar-refractivity contribution in [3.8, 4) is 5.75 Å². The standard InChI is InChI=1S/C26H28N2O4/c1-15(2)32-26(30)23-16(3)28-21-12-19(17-7-9-20(31-4)10-8-17)13-22(29)25(21)24(23)18-6-5-11-27-14-18/h5-11,14-15,19,24,28H,12-13H2,1-4H3/t19-,24+/m0/s1. The average Bonchev–Trinajstić information content (AvgIpc) is 2.78. The number of Topliss-reactive ketones (excluding diaryl/α,β-unsaturated/α-hetero) is 1. The number of ketones is 1. The number of nitrogens with one attached hydrogen (secondary N) is 1. The molecular formula is C26H28N2O4. The number of carbonyl (C=O) groups excluding carboxylic acids is 2. The second kappa shape index (κ2) is 8.99. The van der Waals surface area contributed by atoms with E-state index >= 15 is 0 Å². The van der Waals surface area contributed by atoms with Gasteiger partial charge in [-0.2, -0.15) is 0 Å². The highest BCUT2D eigenvalue weighted by molar-refractivity contribution is 6.04. The number of hydrogen-bond donors (Lipinski definition) is 1. The minimum atomic E-state index is -0.490. The first-order chi connectivity index (χ1) is 15.4. The van der Waals surface area contributed by atoms with Crippen molar-refractivity contribution in [3.63, 3.8) is 0 Å². The van der Waals surface area contributed by atoms with Crippen molar-refractivity contribution in [2.45, 2.75) is 51.6 Å². The molecule has 1 aliphatic heterocycles. The second-order valence-corrected chi connectivity index (χ2v) is 8.53. The Morgan fingerprint density at radius 1 is 1.12 bits per heavy atom. The lowest BCUT2D eigenvalue weighted by atomic mass is 9.72. The van der Waals surface area contributed by atoms with Gasteiger partial charge in [0, 0.05) is 41.7 Å². The van der Waals surface area contributed by atoms with Crippen LogP contribution in [0.3, 0.4) is 0 Å². The van der Waals surface area contributed by atoms with Gasteiger partial charge in [0.2, 0.25) is 0 Å². The Morgan fingerprint density at radius 2 is 1.88 bits per heavy atom. The molecule has 2 atom stereocenters. The van der Waals surface area contributed by atoms with Gasteiger partial charge in [-0.3, -0.25) is 9.78 Å². The molecule has 2 aliphatic rings. The molecule has 166 valence electrons. The zero-order valence-electron chi connectivity index (χ0n) is 18.8. The largest absolute Gasteiger partial charge is 0.497 e. The van der Waals surface area contributed by atoms with Gasteiger partial charge >= 0.3 is 5.97 Å². The van der Waals surface area contributed by atoms with Crippen molar-refractivity contribution in [2.75, 3.05) is 7.11 Å². The topological polar surface area (TPSA) is 77.5 Å². The van der Waals surface area contributed by atoms with Gasteiger partial charge in [0.25, 0.3) is 0 Å². The summed E-state index contributed by atoms with van der Waals surface area (Å²) >= 11 is 0. The Hall–Kier alpha value is -3.41. The molecule has 0 saturated carbocycles. The van der Waals surface area contributed by atoms with E-state index in [1.165, 1.54) is 0 Å². The number of esters is 1. The zero-order valence-corrected chi connectivity index (χ0v) is 18.8. The van der Waals surface area contributed by atoms with Crippen LogP contribution in [0.15, 0.2) is 71.3 Å². The lowest BCUT2D eigenvalue weighted by Crippen LogP contribution is -2.36. The molecule has 0 bridgehead atoms. The van der Waals surface area contributed by atoms with E-state index in [4.69, 9.17) is 9.47 Å². The van der Waals surface area contributed by atoms with Gasteiger partial charge in [-0.05, 0) is 62.4 Å². The summed E-state index contributed by atoms with van der Waals surface area (Å²) in [5, 5.41) is 3.37. The summed E-state index contributed by atoms with van der Waals surface area (Å²) in [5.74, 6) is -0.0109. The molecule has 4 rings (SSSR count). The van der Waals surface area contributed by atoms with Gasteiger partial charge in [-0.15, -0.1) is 0 Å². The lowest BCUT2D eigenvalue weighted by Gasteiger charge is -2.36. The summed E-state index contributed by atoms with van der Waals surface area (Å²) in [7, 11) is 1.64. The summed E-state index contributed by atoms with van der Waals surface area (Å²) < 4.78 is 10.8. The van der Waals surface area contributed by atoms with Crippen LogP contribution < -0.4 is 10.1 Å². The van der Waals surface area contributed by atoms with Crippen LogP contribution >= 0.6 is 0 Å². The summed E-state index contributed by atoms with van der Waals surface area (Å²) in [5.41, 5.74) is 4.61. The summed E-state index contributed by atoms with van der Waals surface area (Å²) in [6.45, 7) is 5.50. The summed E-state index contributed by atoms with van der Waals surface area (Å²) in [6, 6.07) is 11.6. The van der Waals surface area contributed by atoms with Gasteiger partial charge < -0.3 is 14.8 Å². The molecule has 0 spiro atoms. The number of aromatic nitrogens is 1. The van der Waals surface area contributed by atoms with Crippen molar-refractivity contribution in [3.05, 3.63) is 82.5 Å². The first-order valence-electron chi connectivity index (χ1n) is 10.9. The highest BCUT2D eigenvalue weighted by Gasteiger charge is 2.41. The molecule has 1 N–H and O–H groups in total. The van der Waals surface area contributed by atoms with Crippen LogP contribution in [0.1, 0.15) is 56.6 Å². The van der Waals surface area contributed by atoms with Crippen LogP contribution in [0.4, 0.5) is 0 Å². The Kier molecular flexibility index (Phi) is 6.12. The molecule has 0 radical (unpaired) electrons. The number of hydrogen-bond acceptors (Lipinski definition) is 6. The van der Waals surface area contributed by atoms with Gasteiger partial charge in [0.1, 0.15) is 5.75 Å². The molecule has 1 aliphatic carbocycles. The number of rotatable bonds is 5. The first kappa shape index (κ1) is 21.8. The molecule has 0 fully saturated rings. The number of benzene rings is 1. The normalized spacial score (nSPS) is 20.7. The predicted molar refractivity (Wildman–Crippen MR) is 121 cm³/mol. The number of methoxy groups -OCH3 is 1. The van der Waals surface area contributed by atoms with E-state index in [1.54, 1.807) is 19.5 Å². The zero-order chi connectivity index (χ0) is 22.8. The monoisotopic (exact) mass is 432 g/mol. The molecule has 2 heterocycles. The van der Waals surface area contributed by atoms with E-state index in [0.717, 1.165) is 22.6 Å². The molecule has 2 aromatic rings. The van der Waals surface area contributed by atoms with Crippen LogP contribution in [0.2, 0.25) is 0 Å². The smallest absolute Gasteiger partial charge is 0.337 e. The lowest BCUT2D eigenvalue weighted by molar-refractivity contribution is -0.143. The molecule has 6 nitrogen and oxygen atoms in total. The fourth-order valence-corrected chi connectivity index (χ4v) is 4.58. The van der Waals surface area contributed by atoms with E-state index in [1.807, 2.05) is 57.2 Å². The molecule has 1 aromatic carbocycles. The third-order valence-corrected chi connectivity index (χ3v) is 6.00. The van der Waals surface area contributed by atoms with Crippen LogP contribution in [0, 0.1) is 0 Å². The fourth-order valence-electron chi connectivity index (χ4n) is 4.58. The second-order valence-electron chi connectivity index (χ2n) is 8.53. The number of allylic oxidation sites excluding steroid dienone is 3. The van der Waals surface area contributed by atoms with Crippen molar-refractivity contribution >= 4 is 11.8 Å². The van der Waals surface area contributed by atoms with Crippen LogP contribution in [-0.4, -0.2) is 30.0 Å². The van der Waals surface area contributed by atoms with Gasteiger partial charge in [-0.1, -0.05) is 18.2 Å². The maximum Gasteiger partial charge on any atom is 0.337 e. The van der Waals surface area contributed by atoms with E-state index in [-0.39, 0.29) is 17.8 Å². The quantitative estimate of drug-likeness (QED) is 0.706. The van der Waals surface area contributed by atoms with Gasteiger partial charge in [0.15, 0.2) is 5.78 Å². The van der Waals surface area contributed by atoms with Crippen molar-refractivity contribution in [1.82, 2.24) is 10.3 Å². The Balaban J connectivity index is 1.74. The molecule has 0 saturated heterocycles. The van der Waals surface area contributed by atoms with E-state index < -0.39 is 11.9 Å². The van der Waals surface area contributed by atoms with Crippen LogP contribution in [0.5, 0.6) is 5.75 Å². The average molecular weight is 433 g/mol. The highest BCUT2D eigenvalue weighted by atomic mass is 16.5. The van der Waals surface area contributed by atoms with Gasteiger partial charge in [-0.25, -0.2) is 4.79 Å². The molecule has 6 heteroatoms. The minimum Gasteiger partial charge on any atom is -0.497 e. The van der Waals surface area contributed by atoms with E-state index in [0.29, 0.717) is 29.7 Å². The number of dihydropyridines is 1. The third kappa shape index (κ3) is 4.17. The molecule has 0 unspecified atom stereocenters. The number of ether oxygens (including phenoxy) is 2. The number of pyridine rings is 1. The SMILES string of the molecule is COc1ccc([C@@H]2CC(=O)C3=C(C2)NC(C)=C(C(=O)OC(C)C)[C@H]3c2cccnc2)cc1. The third-order valence-electron chi connectivity index (χ3n) is 6.00.